The zero-order chi connectivity index (χ0) is 10.1. The van der Waals surface area contributed by atoms with Gasteiger partial charge in [0.1, 0.15) is 0 Å². The summed E-state index contributed by atoms with van der Waals surface area (Å²) in [5.74, 6) is 0.613. The van der Waals surface area contributed by atoms with E-state index < -0.39 is 5.54 Å². The van der Waals surface area contributed by atoms with Crippen LogP contribution in [0.5, 0.6) is 0 Å². The smallest absolute Gasteiger partial charge is 0.171 e. The number of nitrogens with zero attached hydrogens (tertiary/aromatic N) is 2. The molecule has 0 aliphatic carbocycles. The van der Waals surface area contributed by atoms with Crippen LogP contribution in [-0.2, 0) is 7.05 Å². The molecule has 1 rings (SSSR count). The fraction of sp³-hybridized carbons (Fsp3) is 0.625. The molecule has 0 fully saturated rings. The van der Waals surface area contributed by atoms with Gasteiger partial charge in [0, 0.05) is 13.2 Å². The fourth-order valence-corrected chi connectivity index (χ4v) is 0.964. The zero-order valence-electron chi connectivity index (χ0n) is 8.20. The summed E-state index contributed by atoms with van der Waals surface area (Å²) in [5, 5.41) is 16.2. The van der Waals surface area contributed by atoms with Crippen LogP contribution in [0, 0.1) is 0 Å². The standard InChI is InChI=1S/C8H16N4O/c1-8(2,5-13)10-7-6(9)4-12(3)11-7/h4,13H,5,9H2,1-3H3,(H,10,11). The van der Waals surface area contributed by atoms with Gasteiger partial charge in [-0.15, -0.1) is 0 Å². The van der Waals surface area contributed by atoms with E-state index in [0.29, 0.717) is 11.5 Å². The molecule has 0 aromatic carbocycles. The van der Waals surface area contributed by atoms with Crippen LogP contribution < -0.4 is 11.1 Å². The van der Waals surface area contributed by atoms with E-state index in [1.807, 2.05) is 13.8 Å². The Morgan fingerprint density at radius 3 is 2.69 bits per heavy atom. The molecule has 0 unspecified atom stereocenters. The van der Waals surface area contributed by atoms with Crippen molar-refractivity contribution in [1.29, 1.82) is 0 Å². The summed E-state index contributed by atoms with van der Waals surface area (Å²) in [6.45, 7) is 3.78. The van der Waals surface area contributed by atoms with Crippen molar-refractivity contribution in [2.45, 2.75) is 19.4 Å². The summed E-state index contributed by atoms with van der Waals surface area (Å²) >= 11 is 0. The summed E-state index contributed by atoms with van der Waals surface area (Å²) in [4.78, 5) is 0. The van der Waals surface area contributed by atoms with Crippen molar-refractivity contribution in [1.82, 2.24) is 9.78 Å². The van der Waals surface area contributed by atoms with E-state index in [2.05, 4.69) is 10.4 Å². The molecule has 13 heavy (non-hydrogen) atoms. The van der Waals surface area contributed by atoms with Crippen LogP contribution in [0.15, 0.2) is 6.20 Å². The fourth-order valence-electron chi connectivity index (χ4n) is 0.964. The number of nitrogens with two attached hydrogens (primary N) is 1. The monoisotopic (exact) mass is 184 g/mol. The third-order valence-electron chi connectivity index (χ3n) is 1.71. The van der Waals surface area contributed by atoms with Gasteiger partial charge in [-0.1, -0.05) is 0 Å². The minimum atomic E-state index is -0.400. The molecule has 0 aliphatic heterocycles. The van der Waals surface area contributed by atoms with Crippen LogP contribution in [0.3, 0.4) is 0 Å². The number of hydrogen-bond donors (Lipinski definition) is 3. The van der Waals surface area contributed by atoms with Crippen molar-refractivity contribution in [3.63, 3.8) is 0 Å². The van der Waals surface area contributed by atoms with Crippen LogP contribution in [0.1, 0.15) is 13.8 Å². The number of anilines is 2. The van der Waals surface area contributed by atoms with E-state index in [4.69, 9.17) is 10.8 Å². The highest BCUT2D eigenvalue weighted by molar-refractivity contribution is 5.60. The lowest BCUT2D eigenvalue weighted by atomic mass is 10.1. The van der Waals surface area contributed by atoms with Crippen LogP contribution in [0.25, 0.3) is 0 Å². The van der Waals surface area contributed by atoms with Crippen LogP contribution in [0.4, 0.5) is 11.5 Å². The number of aliphatic hydroxyl groups excluding tert-OH is 1. The van der Waals surface area contributed by atoms with Gasteiger partial charge in [-0.2, -0.15) is 5.10 Å². The molecule has 0 radical (unpaired) electrons. The molecule has 0 amide bonds. The van der Waals surface area contributed by atoms with Crippen molar-refractivity contribution >= 4 is 11.5 Å². The maximum Gasteiger partial charge on any atom is 0.171 e. The molecule has 0 saturated heterocycles. The molecule has 0 saturated carbocycles. The lowest BCUT2D eigenvalue weighted by Crippen LogP contribution is -2.35. The first-order valence-electron chi connectivity index (χ1n) is 4.13. The largest absolute Gasteiger partial charge is 0.394 e. The number of rotatable bonds is 3. The molecule has 0 atom stereocenters. The van der Waals surface area contributed by atoms with E-state index in [-0.39, 0.29) is 6.61 Å². The number of aryl methyl sites for hydroxylation is 1. The Labute approximate surface area is 77.5 Å². The van der Waals surface area contributed by atoms with E-state index >= 15 is 0 Å². The molecule has 0 bridgehead atoms. The molecule has 74 valence electrons. The number of nitrogens with one attached hydrogen (secondary N) is 1. The Bertz CT molecular complexity index is 292. The Hall–Kier alpha value is -1.23. The Morgan fingerprint density at radius 1 is 1.69 bits per heavy atom. The van der Waals surface area contributed by atoms with Gasteiger partial charge in [0.05, 0.1) is 17.8 Å². The number of aromatic nitrogens is 2. The van der Waals surface area contributed by atoms with Crippen molar-refractivity contribution in [2.24, 2.45) is 7.05 Å². The molecule has 0 spiro atoms. The van der Waals surface area contributed by atoms with Crippen molar-refractivity contribution in [3.05, 3.63) is 6.20 Å². The van der Waals surface area contributed by atoms with Crippen molar-refractivity contribution in [3.8, 4) is 0 Å². The molecule has 5 heteroatoms. The first-order chi connectivity index (χ1) is 5.94. The van der Waals surface area contributed by atoms with E-state index in [9.17, 15) is 0 Å². The van der Waals surface area contributed by atoms with Gasteiger partial charge in [-0.3, -0.25) is 4.68 Å². The molecule has 0 aliphatic rings. The SMILES string of the molecule is Cn1cc(N)c(NC(C)(C)CO)n1. The summed E-state index contributed by atoms with van der Waals surface area (Å²) in [6, 6.07) is 0. The number of hydrogen-bond acceptors (Lipinski definition) is 4. The van der Waals surface area contributed by atoms with Crippen LogP contribution >= 0.6 is 0 Å². The zero-order valence-corrected chi connectivity index (χ0v) is 8.20. The lowest BCUT2D eigenvalue weighted by molar-refractivity contribution is 0.234. The normalized spacial score (nSPS) is 11.7. The van der Waals surface area contributed by atoms with Gasteiger partial charge in [0.15, 0.2) is 5.82 Å². The average Bonchev–Trinajstić information content (AvgIpc) is 2.30. The topological polar surface area (TPSA) is 76.1 Å². The van der Waals surface area contributed by atoms with E-state index in [0.717, 1.165) is 0 Å². The summed E-state index contributed by atoms with van der Waals surface area (Å²) in [6.07, 6.45) is 1.72. The molecular weight excluding hydrogens is 168 g/mol. The molecule has 4 N–H and O–H groups in total. The van der Waals surface area contributed by atoms with Crippen molar-refractivity contribution < 1.29 is 5.11 Å². The summed E-state index contributed by atoms with van der Waals surface area (Å²) < 4.78 is 1.63. The number of nitrogen functional groups attached to an aromatic ring is 1. The van der Waals surface area contributed by atoms with Gasteiger partial charge in [0.25, 0.3) is 0 Å². The quantitative estimate of drug-likeness (QED) is 0.626. The molecule has 1 aromatic rings. The van der Waals surface area contributed by atoms with Crippen LogP contribution in [-0.4, -0.2) is 27.0 Å². The first-order valence-corrected chi connectivity index (χ1v) is 4.13. The Kier molecular flexibility index (Phi) is 2.47. The van der Waals surface area contributed by atoms with Gasteiger partial charge >= 0.3 is 0 Å². The van der Waals surface area contributed by atoms with Gasteiger partial charge in [0.2, 0.25) is 0 Å². The third kappa shape index (κ3) is 2.35. The maximum atomic E-state index is 9.02. The van der Waals surface area contributed by atoms with Gasteiger partial charge in [-0.05, 0) is 13.8 Å². The maximum absolute atomic E-state index is 9.02. The third-order valence-corrected chi connectivity index (χ3v) is 1.71. The highest BCUT2D eigenvalue weighted by Gasteiger charge is 2.18. The molecule has 1 aromatic heterocycles. The van der Waals surface area contributed by atoms with E-state index in [1.165, 1.54) is 0 Å². The van der Waals surface area contributed by atoms with Gasteiger partial charge in [-0.25, -0.2) is 0 Å². The average molecular weight is 184 g/mol. The second kappa shape index (κ2) is 3.26. The lowest BCUT2D eigenvalue weighted by Gasteiger charge is -2.23. The second-order valence-electron chi connectivity index (χ2n) is 3.77. The predicted molar refractivity (Wildman–Crippen MR) is 52.4 cm³/mol. The first kappa shape index (κ1) is 9.85. The summed E-state index contributed by atoms with van der Waals surface area (Å²) in [7, 11) is 1.80. The number of aliphatic hydroxyl groups is 1. The molecular formula is C8H16N4O. The Balaban J connectivity index is 2.79. The molecule has 1 heterocycles. The minimum Gasteiger partial charge on any atom is -0.394 e. The summed E-state index contributed by atoms with van der Waals surface area (Å²) in [5.41, 5.74) is 5.86. The van der Waals surface area contributed by atoms with Crippen molar-refractivity contribution in [2.75, 3.05) is 17.7 Å². The Morgan fingerprint density at radius 2 is 2.31 bits per heavy atom. The van der Waals surface area contributed by atoms with E-state index in [1.54, 1.807) is 17.9 Å². The van der Waals surface area contributed by atoms with Gasteiger partial charge < -0.3 is 16.2 Å². The minimum absolute atomic E-state index is 0.0308. The highest BCUT2D eigenvalue weighted by Crippen LogP contribution is 2.18. The van der Waals surface area contributed by atoms with Crippen LogP contribution in [0.2, 0.25) is 0 Å². The predicted octanol–water partition coefficient (Wildman–Crippen LogP) is 0.185. The second-order valence-corrected chi connectivity index (χ2v) is 3.77. The molecule has 5 nitrogen and oxygen atoms in total. The highest BCUT2D eigenvalue weighted by atomic mass is 16.3.